The molecule has 1 saturated heterocycles. The molecule has 9 heteroatoms. The molecule has 3 aromatic carbocycles. The Morgan fingerprint density at radius 3 is 2.19 bits per heavy atom. The molecule has 0 spiro atoms. The highest BCUT2D eigenvalue weighted by Gasteiger charge is 2.35. The molecule has 4 rings (SSSR count). The van der Waals surface area contributed by atoms with Crippen LogP contribution in [0.5, 0.6) is 0 Å². The molecule has 0 saturated carbocycles. The Hall–Kier alpha value is -3.85. The first-order valence-electron chi connectivity index (χ1n) is 11.5. The average Bonchev–Trinajstić information content (AvgIpc) is 2.88. The summed E-state index contributed by atoms with van der Waals surface area (Å²) in [5.74, 6) is -0.688. The quantitative estimate of drug-likeness (QED) is 0.401. The van der Waals surface area contributed by atoms with Crippen LogP contribution in [-0.2, 0) is 16.3 Å². The van der Waals surface area contributed by atoms with Gasteiger partial charge in [0.1, 0.15) is 0 Å². The molecule has 0 unspecified atom stereocenters. The van der Waals surface area contributed by atoms with Gasteiger partial charge in [-0.1, -0.05) is 42.5 Å². The molecule has 1 fully saturated rings. The Bertz CT molecular complexity index is 1210. The number of anilines is 2. The molecule has 0 bridgehead atoms. The second kappa shape index (κ2) is 10.8. The van der Waals surface area contributed by atoms with Gasteiger partial charge in [0, 0.05) is 42.1 Å². The van der Waals surface area contributed by atoms with Crippen LogP contribution in [0.2, 0.25) is 0 Å². The fraction of sp³-hybridized carbons (Fsp3) is 0.259. The molecular weight excluding hydrogens is 471 g/mol. The van der Waals surface area contributed by atoms with Crippen molar-refractivity contribution in [1.29, 1.82) is 0 Å². The van der Waals surface area contributed by atoms with Crippen LogP contribution in [0.3, 0.4) is 0 Å². The number of carbonyl (C=O) groups excluding carboxylic acids is 2. The third kappa shape index (κ3) is 6.23. The highest BCUT2D eigenvalue weighted by Crippen LogP contribution is 2.34. The molecule has 1 aliphatic heterocycles. The van der Waals surface area contributed by atoms with Gasteiger partial charge in [-0.2, -0.15) is 13.2 Å². The van der Waals surface area contributed by atoms with E-state index in [4.69, 9.17) is 4.74 Å². The summed E-state index contributed by atoms with van der Waals surface area (Å²) in [7, 11) is 0. The number of nitrogens with one attached hydrogen (secondary N) is 3. The first kappa shape index (κ1) is 25.2. The van der Waals surface area contributed by atoms with E-state index in [0.29, 0.717) is 31.1 Å². The van der Waals surface area contributed by atoms with Gasteiger partial charge in [0.05, 0.1) is 5.56 Å². The second-order valence-corrected chi connectivity index (χ2v) is 8.68. The second-order valence-electron chi connectivity index (χ2n) is 8.68. The minimum Gasteiger partial charge on any atom is -0.381 e. The summed E-state index contributed by atoms with van der Waals surface area (Å²) in [5.41, 5.74) is 0.657. The van der Waals surface area contributed by atoms with E-state index in [1.54, 1.807) is 18.2 Å². The number of amides is 3. The van der Waals surface area contributed by atoms with E-state index >= 15 is 0 Å². The van der Waals surface area contributed by atoms with Crippen molar-refractivity contribution in [2.45, 2.75) is 24.4 Å². The lowest BCUT2D eigenvalue weighted by molar-refractivity contribution is -0.137. The molecule has 0 aromatic heterocycles. The smallest absolute Gasteiger partial charge is 0.381 e. The van der Waals surface area contributed by atoms with E-state index in [-0.39, 0.29) is 11.0 Å². The van der Waals surface area contributed by atoms with Gasteiger partial charge in [-0.15, -0.1) is 0 Å². The summed E-state index contributed by atoms with van der Waals surface area (Å²) in [4.78, 5) is 25.2. The maximum atomic E-state index is 13.0. The van der Waals surface area contributed by atoms with Crippen LogP contribution in [0, 0.1) is 0 Å². The third-order valence-electron chi connectivity index (χ3n) is 6.25. The number of carbonyl (C=O) groups is 2. The molecule has 6 nitrogen and oxygen atoms in total. The number of alkyl halides is 3. The normalized spacial score (nSPS) is 15.1. The SMILES string of the molecule is O=C(NCC1(c2ccccc2)CCOCC1)Nc1cccc(NC(=O)c2cccc(C(F)(F)F)c2)c1. The number of urea groups is 1. The molecule has 188 valence electrons. The number of hydrogen-bond acceptors (Lipinski definition) is 3. The van der Waals surface area contributed by atoms with E-state index in [2.05, 4.69) is 28.1 Å². The standard InChI is InChI=1S/C27H26F3N3O3/c28-27(29,30)21-9-4-6-19(16-21)24(34)32-22-10-5-11-23(17-22)33-25(35)31-18-26(12-14-36-15-13-26)20-7-2-1-3-8-20/h1-11,16-17H,12-15,18H2,(H,32,34)(H2,31,33,35). The molecule has 0 radical (unpaired) electrons. The summed E-state index contributed by atoms with van der Waals surface area (Å²) >= 11 is 0. The van der Waals surface area contributed by atoms with Crippen LogP contribution in [-0.4, -0.2) is 31.7 Å². The van der Waals surface area contributed by atoms with Crippen LogP contribution < -0.4 is 16.0 Å². The zero-order valence-electron chi connectivity index (χ0n) is 19.4. The van der Waals surface area contributed by atoms with Crippen molar-refractivity contribution in [1.82, 2.24) is 5.32 Å². The molecule has 1 aliphatic rings. The van der Waals surface area contributed by atoms with Gasteiger partial charge >= 0.3 is 12.2 Å². The van der Waals surface area contributed by atoms with Gasteiger partial charge in [0.15, 0.2) is 0 Å². The minimum atomic E-state index is -4.54. The summed E-state index contributed by atoms with van der Waals surface area (Å²) < 4.78 is 44.4. The third-order valence-corrected chi connectivity index (χ3v) is 6.25. The molecule has 0 aliphatic carbocycles. The van der Waals surface area contributed by atoms with Crippen molar-refractivity contribution in [2.75, 3.05) is 30.4 Å². The van der Waals surface area contributed by atoms with Crippen LogP contribution in [0.25, 0.3) is 0 Å². The maximum Gasteiger partial charge on any atom is 0.416 e. The highest BCUT2D eigenvalue weighted by atomic mass is 19.4. The zero-order valence-corrected chi connectivity index (χ0v) is 19.4. The van der Waals surface area contributed by atoms with E-state index < -0.39 is 23.7 Å². The van der Waals surface area contributed by atoms with Crippen LogP contribution in [0.15, 0.2) is 78.9 Å². The summed E-state index contributed by atoms with van der Waals surface area (Å²) in [6.07, 6.45) is -2.97. The summed E-state index contributed by atoms with van der Waals surface area (Å²) in [6.45, 7) is 1.66. The van der Waals surface area contributed by atoms with Crippen molar-refractivity contribution >= 4 is 23.3 Å². The highest BCUT2D eigenvalue weighted by molar-refractivity contribution is 6.04. The predicted molar refractivity (Wildman–Crippen MR) is 131 cm³/mol. The number of rotatable bonds is 6. The Balaban J connectivity index is 1.38. The van der Waals surface area contributed by atoms with Gasteiger partial charge in [0.25, 0.3) is 5.91 Å². The zero-order chi connectivity index (χ0) is 25.6. The topological polar surface area (TPSA) is 79.5 Å². The lowest BCUT2D eigenvalue weighted by Crippen LogP contribution is -2.45. The molecule has 3 aromatic rings. The average molecular weight is 498 g/mol. The largest absolute Gasteiger partial charge is 0.416 e. The van der Waals surface area contributed by atoms with E-state index in [1.807, 2.05) is 18.2 Å². The van der Waals surface area contributed by atoms with E-state index in [0.717, 1.165) is 30.5 Å². The van der Waals surface area contributed by atoms with Gasteiger partial charge in [-0.3, -0.25) is 4.79 Å². The molecule has 0 atom stereocenters. The molecule has 3 N–H and O–H groups in total. The fourth-order valence-corrected chi connectivity index (χ4v) is 4.26. The van der Waals surface area contributed by atoms with Crippen LogP contribution in [0.1, 0.15) is 34.3 Å². The first-order chi connectivity index (χ1) is 17.2. The van der Waals surface area contributed by atoms with E-state index in [9.17, 15) is 22.8 Å². The lowest BCUT2D eigenvalue weighted by Gasteiger charge is -2.38. The Morgan fingerprint density at radius 1 is 0.833 bits per heavy atom. The predicted octanol–water partition coefficient (Wildman–Crippen LogP) is 5.83. The van der Waals surface area contributed by atoms with Gasteiger partial charge < -0.3 is 20.7 Å². The van der Waals surface area contributed by atoms with E-state index in [1.165, 1.54) is 18.2 Å². The van der Waals surface area contributed by atoms with Gasteiger partial charge in [-0.05, 0) is 54.8 Å². The minimum absolute atomic E-state index is 0.122. The number of halogens is 3. The number of ether oxygens (including phenoxy) is 1. The molecule has 1 heterocycles. The van der Waals surface area contributed by atoms with Crippen molar-refractivity contribution in [3.8, 4) is 0 Å². The Labute approximate surface area is 206 Å². The van der Waals surface area contributed by atoms with Crippen molar-refractivity contribution < 1.29 is 27.5 Å². The maximum absolute atomic E-state index is 13.0. The Morgan fingerprint density at radius 2 is 1.50 bits per heavy atom. The number of benzene rings is 3. The van der Waals surface area contributed by atoms with Crippen molar-refractivity contribution in [2.24, 2.45) is 0 Å². The van der Waals surface area contributed by atoms with Gasteiger partial charge in [-0.25, -0.2) is 4.79 Å². The van der Waals surface area contributed by atoms with Crippen molar-refractivity contribution in [3.63, 3.8) is 0 Å². The molecule has 3 amide bonds. The first-order valence-corrected chi connectivity index (χ1v) is 11.5. The Kier molecular flexibility index (Phi) is 7.59. The van der Waals surface area contributed by atoms with Crippen LogP contribution in [0.4, 0.5) is 29.3 Å². The summed E-state index contributed by atoms with van der Waals surface area (Å²) in [5, 5.41) is 8.27. The molecule has 36 heavy (non-hydrogen) atoms. The lowest BCUT2D eigenvalue weighted by atomic mass is 9.74. The van der Waals surface area contributed by atoms with Crippen molar-refractivity contribution in [3.05, 3.63) is 95.6 Å². The van der Waals surface area contributed by atoms with Crippen LogP contribution >= 0.6 is 0 Å². The fourth-order valence-electron chi connectivity index (χ4n) is 4.26. The summed E-state index contributed by atoms with van der Waals surface area (Å²) in [6, 6.07) is 20.2. The number of hydrogen-bond donors (Lipinski definition) is 3. The van der Waals surface area contributed by atoms with Gasteiger partial charge in [0.2, 0.25) is 0 Å². The molecular formula is C27H26F3N3O3. The monoisotopic (exact) mass is 497 g/mol.